The van der Waals surface area contributed by atoms with Crippen molar-refractivity contribution in [3.05, 3.63) is 40.1 Å². The van der Waals surface area contributed by atoms with E-state index in [1.165, 1.54) is 12.3 Å². The van der Waals surface area contributed by atoms with Crippen molar-refractivity contribution >= 4 is 6.08 Å². The van der Waals surface area contributed by atoms with Gasteiger partial charge in [0.15, 0.2) is 0 Å². The van der Waals surface area contributed by atoms with Crippen LogP contribution in [0.15, 0.2) is 18.5 Å². The van der Waals surface area contributed by atoms with Gasteiger partial charge in [0.2, 0.25) is 6.20 Å². The predicted molar refractivity (Wildman–Crippen MR) is 36.8 cm³/mol. The van der Waals surface area contributed by atoms with E-state index in [1.54, 1.807) is 0 Å². The molecular weight excluding hydrogens is 151 g/mol. The molecule has 0 saturated carbocycles. The Morgan fingerprint density at radius 1 is 1.73 bits per heavy atom. The lowest BCUT2D eigenvalue weighted by Gasteiger charge is -1.82. The second-order valence-electron chi connectivity index (χ2n) is 1.84. The Balaban J connectivity index is 2.79. The second kappa shape index (κ2) is 2.96. The quantitative estimate of drug-likeness (QED) is 0.519. The molecule has 0 radical (unpaired) electrons. The first-order valence-electron chi connectivity index (χ1n) is 2.85. The Labute approximate surface area is 61.5 Å². The van der Waals surface area contributed by atoms with Crippen LogP contribution in [0.25, 0.3) is 6.08 Å². The first-order valence-corrected chi connectivity index (χ1v) is 2.85. The second-order valence-corrected chi connectivity index (χ2v) is 1.84. The molecule has 1 aromatic rings. The number of hydrogen-bond acceptors (Lipinski definition) is 2. The summed E-state index contributed by atoms with van der Waals surface area (Å²) in [5, 5.41) is 9.79. The Morgan fingerprint density at radius 3 is 2.91 bits per heavy atom. The van der Waals surface area contributed by atoms with Gasteiger partial charge < -0.3 is 4.98 Å². The summed E-state index contributed by atoms with van der Waals surface area (Å²) in [6.45, 7) is 0. The third kappa shape index (κ3) is 1.89. The number of nitro groups is 1. The van der Waals surface area contributed by atoms with Crippen LogP contribution in [0, 0.1) is 15.9 Å². The largest absolute Gasteiger partial charge is 0.359 e. The van der Waals surface area contributed by atoms with Crippen LogP contribution >= 0.6 is 0 Å². The lowest BCUT2D eigenvalue weighted by atomic mass is 10.4. The van der Waals surface area contributed by atoms with Crippen LogP contribution in [0.2, 0.25) is 0 Å². The zero-order valence-electron chi connectivity index (χ0n) is 5.45. The van der Waals surface area contributed by atoms with Gasteiger partial charge in [-0.1, -0.05) is 0 Å². The number of nitrogens with one attached hydrogen (secondary N) is 1. The van der Waals surface area contributed by atoms with Crippen molar-refractivity contribution in [2.75, 3.05) is 0 Å². The molecule has 0 aliphatic rings. The zero-order valence-corrected chi connectivity index (χ0v) is 5.45. The summed E-state index contributed by atoms with van der Waals surface area (Å²) >= 11 is 0. The third-order valence-electron chi connectivity index (χ3n) is 1.09. The fraction of sp³-hybridized carbons (Fsp3) is 0. The van der Waals surface area contributed by atoms with Gasteiger partial charge in [-0.05, 0) is 6.07 Å². The number of rotatable bonds is 2. The van der Waals surface area contributed by atoms with Gasteiger partial charge in [-0.25, -0.2) is 4.39 Å². The third-order valence-corrected chi connectivity index (χ3v) is 1.09. The van der Waals surface area contributed by atoms with Crippen LogP contribution in [0.5, 0.6) is 0 Å². The summed E-state index contributed by atoms with van der Waals surface area (Å²) in [5.41, 5.74) is 0.113. The van der Waals surface area contributed by atoms with Gasteiger partial charge in [0.25, 0.3) is 0 Å². The van der Waals surface area contributed by atoms with Gasteiger partial charge in [-0.15, -0.1) is 0 Å². The van der Waals surface area contributed by atoms with Crippen molar-refractivity contribution in [3.8, 4) is 0 Å². The molecule has 0 bridgehead atoms. The lowest BCUT2D eigenvalue weighted by molar-refractivity contribution is -0.401. The SMILES string of the molecule is O=[N+]([O-])C=Cc1[nH]ccc1F. The lowest BCUT2D eigenvalue weighted by Crippen LogP contribution is -1.83. The van der Waals surface area contributed by atoms with Crippen LogP contribution in [0.3, 0.4) is 0 Å². The van der Waals surface area contributed by atoms with Crippen molar-refractivity contribution in [1.29, 1.82) is 0 Å². The van der Waals surface area contributed by atoms with Gasteiger partial charge in [0, 0.05) is 12.3 Å². The normalized spacial score (nSPS) is 10.6. The minimum atomic E-state index is -0.652. The van der Waals surface area contributed by atoms with Crippen molar-refractivity contribution < 1.29 is 9.31 Å². The van der Waals surface area contributed by atoms with Crippen LogP contribution in [-0.2, 0) is 0 Å². The van der Waals surface area contributed by atoms with E-state index in [2.05, 4.69) is 4.98 Å². The van der Waals surface area contributed by atoms with E-state index in [0.29, 0.717) is 6.20 Å². The monoisotopic (exact) mass is 156 g/mol. The highest BCUT2D eigenvalue weighted by molar-refractivity contribution is 5.43. The molecule has 1 N–H and O–H groups in total. The van der Waals surface area contributed by atoms with Crippen molar-refractivity contribution in [2.45, 2.75) is 0 Å². The molecule has 0 saturated heterocycles. The molecule has 58 valence electrons. The summed E-state index contributed by atoms with van der Waals surface area (Å²) < 4.78 is 12.5. The summed E-state index contributed by atoms with van der Waals surface area (Å²) in [5.74, 6) is -0.497. The standard InChI is InChI=1S/C6H5FN2O2/c7-5-1-3-8-6(5)2-4-9(10)11/h1-4,8H. The van der Waals surface area contributed by atoms with E-state index < -0.39 is 10.7 Å². The minimum absolute atomic E-state index is 0.113. The number of aromatic nitrogens is 1. The molecule has 11 heavy (non-hydrogen) atoms. The van der Waals surface area contributed by atoms with Crippen molar-refractivity contribution in [3.63, 3.8) is 0 Å². The van der Waals surface area contributed by atoms with Crippen LogP contribution in [-0.4, -0.2) is 9.91 Å². The number of nitrogens with zero attached hydrogens (tertiary/aromatic N) is 1. The highest BCUT2D eigenvalue weighted by Gasteiger charge is 1.98. The van der Waals surface area contributed by atoms with Crippen molar-refractivity contribution in [2.24, 2.45) is 0 Å². The van der Waals surface area contributed by atoms with Crippen LogP contribution < -0.4 is 0 Å². The summed E-state index contributed by atoms with van der Waals surface area (Å²) in [6.07, 6.45) is 3.11. The zero-order chi connectivity index (χ0) is 8.27. The van der Waals surface area contributed by atoms with Gasteiger partial charge in [0.1, 0.15) is 5.82 Å². The molecule has 0 amide bonds. The highest BCUT2D eigenvalue weighted by atomic mass is 19.1. The molecular formula is C6H5FN2O2. The molecule has 1 aromatic heterocycles. The minimum Gasteiger partial charge on any atom is -0.359 e. The van der Waals surface area contributed by atoms with Gasteiger partial charge in [0.05, 0.1) is 10.6 Å². The number of aromatic amines is 1. The van der Waals surface area contributed by atoms with E-state index in [9.17, 15) is 14.5 Å². The molecule has 0 atom stereocenters. The average molecular weight is 156 g/mol. The topological polar surface area (TPSA) is 58.9 Å². The van der Waals surface area contributed by atoms with E-state index in [0.717, 1.165) is 6.08 Å². The fourth-order valence-electron chi connectivity index (χ4n) is 0.626. The Morgan fingerprint density at radius 2 is 2.45 bits per heavy atom. The Hall–Kier alpha value is -1.65. The molecule has 1 heterocycles. The molecule has 0 aliphatic heterocycles. The van der Waals surface area contributed by atoms with Crippen LogP contribution in [0.4, 0.5) is 4.39 Å². The molecule has 1 rings (SSSR count). The Bertz CT molecular complexity index is 293. The van der Waals surface area contributed by atoms with E-state index in [-0.39, 0.29) is 5.69 Å². The summed E-state index contributed by atoms with van der Waals surface area (Å²) in [4.78, 5) is 11.6. The first-order chi connectivity index (χ1) is 5.20. The molecule has 0 unspecified atom stereocenters. The Kier molecular flexibility index (Phi) is 2.00. The van der Waals surface area contributed by atoms with E-state index in [4.69, 9.17) is 0 Å². The maximum absolute atomic E-state index is 12.5. The average Bonchev–Trinajstić information content (AvgIpc) is 2.31. The predicted octanol–water partition coefficient (Wildman–Crippen LogP) is 1.40. The number of H-pyrrole nitrogens is 1. The van der Waals surface area contributed by atoms with Crippen molar-refractivity contribution in [1.82, 2.24) is 4.98 Å². The molecule has 0 spiro atoms. The fourth-order valence-corrected chi connectivity index (χ4v) is 0.626. The number of halogens is 1. The smallest absolute Gasteiger partial charge is 0.236 e. The van der Waals surface area contributed by atoms with Gasteiger partial charge >= 0.3 is 0 Å². The molecule has 4 nitrogen and oxygen atoms in total. The molecule has 0 fully saturated rings. The van der Waals surface area contributed by atoms with Gasteiger partial charge in [-0.3, -0.25) is 10.1 Å². The molecule has 0 aromatic carbocycles. The molecule has 5 heteroatoms. The number of hydrogen-bond donors (Lipinski definition) is 1. The van der Waals surface area contributed by atoms with E-state index >= 15 is 0 Å². The summed E-state index contributed by atoms with van der Waals surface area (Å²) in [7, 11) is 0. The van der Waals surface area contributed by atoms with E-state index in [1.807, 2.05) is 0 Å². The first kappa shape index (κ1) is 7.46. The highest BCUT2D eigenvalue weighted by Crippen LogP contribution is 2.04. The van der Waals surface area contributed by atoms with Crippen LogP contribution in [0.1, 0.15) is 5.69 Å². The summed E-state index contributed by atoms with van der Waals surface area (Å²) in [6, 6.07) is 1.19. The molecule has 0 aliphatic carbocycles. The maximum Gasteiger partial charge on any atom is 0.236 e. The van der Waals surface area contributed by atoms with Gasteiger partial charge in [-0.2, -0.15) is 0 Å². The maximum atomic E-state index is 12.5.